The molecule has 1 fully saturated rings. The molecule has 3 heterocycles. The molecule has 3 aromatic rings. The summed E-state index contributed by atoms with van der Waals surface area (Å²) >= 11 is 0. The van der Waals surface area contributed by atoms with Gasteiger partial charge in [-0.1, -0.05) is 5.16 Å². The molecule has 0 unspecified atom stereocenters. The maximum absolute atomic E-state index is 12.8. The molecule has 1 saturated heterocycles. The first-order valence-corrected chi connectivity index (χ1v) is 11.1. The lowest BCUT2D eigenvalue weighted by Gasteiger charge is -2.30. The van der Waals surface area contributed by atoms with Gasteiger partial charge in [0, 0.05) is 42.2 Å². The lowest BCUT2D eigenvalue weighted by molar-refractivity contribution is -0.111. The Morgan fingerprint density at radius 2 is 1.85 bits per heavy atom. The fourth-order valence-corrected chi connectivity index (χ4v) is 4.31. The highest BCUT2D eigenvalue weighted by Crippen LogP contribution is 2.30. The standard InChI is InChI=1S/C25H29N5O3/c1-16-13-19(18(3)30(16)23-14-17(2)33-28-23)8-10-24(31)27-21-15-20(25(26)32)7-9-22(21)29-11-5-4-6-12-29/h7-10,13-15H,4-6,11-12H2,1-3H3,(H2,26,32)(H,27,31)/b10-8+. The number of primary amides is 1. The van der Waals surface area contributed by atoms with Gasteiger partial charge < -0.3 is 20.5 Å². The van der Waals surface area contributed by atoms with Crippen molar-refractivity contribution in [2.45, 2.75) is 40.0 Å². The molecule has 0 atom stereocenters. The number of rotatable bonds is 6. The molecule has 2 aromatic heterocycles. The SMILES string of the molecule is Cc1cc(-n2c(C)cc(/C=C/C(=O)Nc3cc(C(N)=O)ccc3N3CCCCC3)c2C)no1. The van der Waals surface area contributed by atoms with Crippen LogP contribution in [0.1, 0.15) is 52.3 Å². The van der Waals surface area contributed by atoms with Crippen molar-refractivity contribution in [3.8, 4) is 5.82 Å². The first-order valence-electron chi connectivity index (χ1n) is 11.1. The van der Waals surface area contributed by atoms with Crippen LogP contribution < -0.4 is 16.0 Å². The number of benzene rings is 1. The van der Waals surface area contributed by atoms with Crippen LogP contribution in [-0.4, -0.2) is 34.6 Å². The Morgan fingerprint density at radius 1 is 1.09 bits per heavy atom. The number of nitrogens with one attached hydrogen (secondary N) is 1. The summed E-state index contributed by atoms with van der Waals surface area (Å²) in [5, 5.41) is 7.03. The van der Waals surface area contributed by atoms with Crippen LogP contribution in [0, 0.1) is 20.8 Å². The highest BCUT2D eigenvalue weighted by molar-refractivity contribution is 6.05. The fourth-order valence-electron chi connectivity index (χ4n) is 4.31. The number of hydrogen-bond acceptors (Lipinski definition) is 5. The van der Waals surface area contributed by atoms with Gasteiger partial charge in [-0.3, -0.25) is 14.2 Å². The number of aromatic nitrogens is 2. The van der Waals surface area contributed by atoms with E-state index in [1.165, 1.54) is 12.5 Å². The van der Waals surface area contributed by atoms with Gasteiger partial charge in [0.15, 0.2) is 5.82 Å². The summed E-state index contributed by atoms with van der Waals surface area (Å²) in [4.78, 5) is 26.7. The maximum atomic E-state index is 12.8. The molecule has 0 radical (unpaired) electrons. The van der Waals surface area contributed by atoms with Crippen LogP contribution in [0.15, 0.2) is 40.9 Å². The van der Waals surface area contributed by atoms with Gasteiger partial charge in [0.2, 0.25) is 11.8 Å². The van der Waals surface area contributed by atoms with Crippen LogP contribution in [0.25, 0.3) is 11.9 Å². The molecule has 0 saturated carbocycles. The minimum atomic E-state index is -0.526. The lowest BCUT2D eigenvalue weighted by Crippen LogP contribution is -2.30. The second-order valence-electron chi connectivity index (χ2n) is 8.42. The number of piperidine rings is 1. The lowest BCUT2D eigenvalue weighted by atomic mass is 10.1. The summed E-state index contributed by atoms with van der Waals surface area (Å²) in [6, 6.07) is 9.08. The molecule has 4 rings (SSSR count). The zero-order valence-corrected chi connectivity index (χ0v) is 19.2. The Kier molecular flexibility index (Phi) is 6.35. The second-order valence-corrected chi connectivity index (χ2v) is 8.42. The van der Waals surface area contributed by atoms with E-state index in [1.807, 2.05) is 43.5 Å². The Hall–Kier alpha value is -3.81. The number of carbonyl (C=O) groups excluding carboxylic acids is 2. The molecule has 33 heavy (non-hydrogen) atoms. The first kappa shape index (κ1) is 22.4. The smallest absolute Gasteiger partial charge is 0.248 e. The van der Waals surface area contributed by atoms with Crippen molar-refractivity contribution < 1.29 is 14.1 Å². The molecule has 3 N–H and O–H groups in total. The summed E-state index contributed by atoms with van der Waals surface area (Å²) in [6.07, 6.45) is 6.68. The Balaban J connectivity index is 1.56. The van der Waals surface area contributed by atoms with E-state index < -0.39 is 5.91 Å². The average Bonchev–Trinajstić information content (AvgIpc) is 3.34. The molecule has 0 aliphatic carbocycles. The molecule has 8 heteroatoms. The Labute approximate surface area is 193 Å². The van der Waals surface area contributed by atoms with Crippen LogP contribution in [-0.2, 0) is 4.79 Å². The highest BCUT2D eigenvalue weighted by Gasteiger charge is 2.17. The number of aryl methyl sites for hydroxylation is 2. The predicted molar refractivity (Wildman–Crippen MR) is 129 cm³/mol. The van der Waals surface area contributed by atoms with E-state index in [9.17, 15) is 9.59 Å². The molecule has 2 amide bonds. The fraction of sp³-hybridized carbons (Fsp3) is 0.320. The molecule has 172 valence electrons. The number of amides is 2. The van der Waals surface area contributed by atoms with Crippen molar-refractivity contribution in [3.63, 3.8) is 0 Å². The van der Waals surface area contributed by atoms with Crippen molar-refractivity contribution in [1.82, 2.24) is 9.72 Å². The zero-order valence-electron chi connectivity index (χ0n) is 19.2. The number of anilines is 2. The number of hydrogen-bond donors (Lipinski definition) is 2. The van der Waals surface area contributed by atoms with Crippen molar-refractivity contribution in [2.24, 2.45) is 5.73 Å². The Morgan fingerprint density at radius 3 is 2.52 bits per heavy atom. The highest BCUT2D eigenvalue weighted by atomic mass is 16.5. The van der Waals surface area contributed by atoms with Gasteiger partial charge in [-0.15, -0.1) is 0 Å². The van der Waals surface area contributed by atoms with Gasteiger partial charge in [-0.25, -0.2) is 0 Å². The van der Waals surface area contributed by atoms with E-state index in [-0.39, 0.29) is 5.91 Å². The van der Waals surface area contributed by atoms with Crippen LogP contribution >= 0.6 is 0 Å². The van der Waals surface area contributed by atoms with Crippen LogP contribution in [0.5, 0.6) is 0 Å². The number of nitrogens with zero attached hydrogens (tertiary/aromatic N) is 3. The van der Waals surface area contributed by atoms with Gasteiger partial charge >= 0.3 is 0 Å². The number of carbonyl (C=O) groups is 2. The second kappa shape index (κ2) is 9.36. The molecular weight excluding hydrogens is 418 g/mol. The van der Waals surface area contributed by atoms with E-state index in [1.54, 1.807) is 18.2 Å². The van der Waals surface area contributed by atoms with Gasteiger partial charge in [0.1, 0.15) is 5.76 Å². The van der Waals surface area contributed by atoms with Crippen molar-refractivity contribution in [3.05, 3.63) is 64.7 Å². The molecule has 1 aliphatic heterocycles. The van der Waals surface area contributed by atoms with Gasteiger partial charge in [0.05, 0.1) is 11.4 Å². The largest absolute Gasteiger partial charge is 0.370 e. The molecular formula is C25H29N5O3. The minimum absolute atomic E-state index is 0.281. The van der Waals surface area contributed by atoms with Crippen molar-refractivity contribution in [2.75, 3.05) is 23.3 Å². The summed E-state index contributed by atoms with van der Waals surface area (Å²) in [5.74, 6) is 0.636. The van der Waals surface area contributed by atoms with E-state index >= 15 is 0 Å². The van der Waals surface area contributed by atoms with Crippen LogP contribution in [0.3, 0.4) is 0 Å². The van der Waals surface area contributed by atoms with Gasteiger partial charge in [-0.2, -0.15) is 0 Å². The first-order chi connectivity index (χ1) is 15.8. The molecule has 0 spiro atoms. The van der Waals surface area contributed by atoms with Crippen LogP contribution in [0.4, 0.5) is 11.4 Å². The summed E-state index contributed by atoms with van der Waals surface area (Å²) in [5.41, 5.74) is 10.2. The summed E-state index contributed by atoms with van der Waals surface area (Å²) in [7, 11) is 0. The summed E-state index contributed by atoms with van der Waals surface area (Å²) in [6.45, 7) is 7.64. The third-order valence-electron chi connectivity index (χ3n) is 5.96. The third kappa shape index (κ3) is 4.84. The summed E-state index contributed by atoms with van der Waals surface area (Å²) < 4.78 is 7.19. The van der Waals surface area contributed by atoms with Crippen molar-refractivity contribution >= 4 is 29.3 Å². The quantitative estimate of drug-likeness (QED) is 0.553. The molecule has 8 nitrogen and oxygen atoms in total. The minimum Gasteiger partial charge on any atom is -0.370 e. The number of nitrogens with two attached hydrogens (primary N) is 1. The van der Waals surface area contributed by atoms with Gasteiger partial charge in [-0.05, 0) is 75.9 Å². The maximum Gasteiger partial charge on any atom is 0.248 e. The zero-order chi connectivity index (χ0) is 23.5. The average molecular weight is 448 g/mol. The van der Waals surface area contributed by atoms with E-state index in [0.29, 0.717) is 17.1 Å². The Bertz CT molecular complexity index is 1210. The molecule has 1 aromatic carbocycles. The van der Waals surface area contributed by atoms with Gasteiger partial charge in [0.25, 0.3) is 0 Å². The topological polar surface area (TPSA) is 106 Å². The molecule has 0 bridgehead atoms. The normalized spacial score (nSPS) is 14.1. The van der Waals surface area contributed by atoms with Crippen LogP contribution in [0.2, 0.25) is 0 Å². The van der Waals surface area contributed by atoms with E-state index in [2.05, 4.69) is 15.4 Å². The van der Waals surface area contributed by atoms with E-state index in [0.717, 1.165) is 54.3 Å². The predicted octanol–water partition coefficient (Wildman–Crippen LogP) is 4.13. The van der Waals surface area contributed by atoms with E-state index in [4.69, 9.17) is 10.3 Å². The monoisotopic (exact) mass is 447 g/mol. The molecule has 1 aliphatic rings. The van der Waals surface area contributed by atoms with Crippen molar-refractivity contribution in [1.29, 1.82) is 0 Å². The third-order valence-corrected chi connectivity index (χ3v) is 5.96.